The average Bonchev–Trinajstić information content (AvgIpc) is 3.05. The first-order valence-corrected chi connectivity index (χ1v) is 26.2. The van der Waals surface area contributed by atoms with E-state index in [-0.39, 0.29) is 5.75 Å². The van der Waals surface area contributed by atoms with Gasteiger partial charge in [-0.3, -0.25) is 0 Å². The number of hydrogen-bond donors (Lipinski definition) is 0. The molecular weight excluding hydrogens is 616 g/mol. The van der Waals surface area contributed by atoms with Crippen molar-refractivity contribution in [2.75, 3.05) is 30.4 Å². The summed E-state index contributed by atoms with van der Waals surface area (Å²) in [6.45, 7) is 8.48. The molecule has 0 aromatic carbocycles. The van der Waals surface area contributed by atoms with Crippen LogP contribution in [-0.2, 0) is 14.1 Å². The van der Waals surface area contributed by atoms with E-state index < -0.39 is 16.9 Å². The van der Waals surface area contributed by atoms with Gasteiger partial charge in [0.05, 0.1) is 0 Å². The van der Waals surface area contributed by atoms with Crippen LogP contribution in [0.4, 0.5) is 0 Å². The fourth-order valence-electron chi connectivity index (χ4n) is 7.76. The summed E-state index contributed by atoms with van der Waals surface area (Å²) in [4.78, 5) is 0. The molecule has 0 aliphatic rings. The summed E-state index contributed by atoms with van der Waals surface area (Å²) in [7, 11) is -3.55. The Balaban J connectivity index is 6.08. The monoisotopic (exact) mass is 705 g/mol. The van der Waals surface area contributed by atoms with E-state index in [4.69, 9.17) is 3.97 Å². The summed E-state index contributed by atoms with van der Waals surface area (Å²) in [5.41, 5.74) is 0. The molecule has 0 fully saturated rings. The van der Waals surface area contributed by atoms with E-state index in [0.29, 0.717) is 0 Å². The number of rotatable bonds is 39. The van der Waals surface area contributed by atoms with Crippen molar-refractivity contribution in [2.24, 2.45) is 0 Å². The van der Waals surface area contributed by atoms with Crippen LogP contribution >= 0.6 is 6.83 Å². The first-order valence-electron chi connectivity index (χ1n) is 21.8. The summed E-state index contributed by atoms with van der Waals surface area (Å²) in [6, 6.07) is 0. The summed E-state index contributed by atoms with van der Waals surface area (Å²) in [6.07, 6.45) is 44.0. The molecule has 5 heteroatoms. The third-order valence-corrected chi connectivity index (χ3v) is 20.1. The van der Waals surface area contributed by atoms with Gasteiger partial charge in [0.15, 0.2) is 0 Å². The maximum atomic E-state index is 14.1. The molecule has 0 saturated heterocycles. The Bertz CT molecular complexity index is 677. The van der Waals surface area contributed by atoms with Crippen molar-refractivity contribution in [1.82, 2.24) is 0 Å². The summed E-state index contributed by atoms with van der Waals surface area (Å²) >= 11 is 0. The van der Waals surface area contributed by atoms with E-state index in [1.165, 1.54) is 161 Å². The molecule has 0 aromatic heterocycles. The SMILES string of the molecule is CCCCCCCCCCS(=O)(=O)OP(CCCCCCCC)(CCCCCCCC)(CCCCCCCC)CCCCCCCC. The molecule has 47 heavy (non-hydrogen) atoms. The first kappa shape index (κ1) is 47.3. The number of hydrogen-bond acceptors (Lipinski definition) is 3. The van der Waals surface area contributed by atoms with Crippen LogP contribution in [0.5, 0.6) is 0 Å². The predicted molar refractivity (Wildman–Crippen MR) is 217 cm³/mol. The second-order valence-electron chi connectivity index (χ2n) is 15.6. The van der Waals surface area contributed by atoms with Crippen molar-refractivity contribution >= 4 is 16.9 Å². The molecule has 0 bridgehead atoms. The van der Waals surface area contributed by atoms with Gasteiger partial charge >= 0.3 is 300 Å². The minimum absolute atomic E-state index is 0.236. The summed E-state index contributed by atoms with van der Waals surface area (Å²) in [5.74, 6) is 0.236. The quantitative estimate of drug-likeness (QED) is 0.0472. The Kier molecular flexibility index (Phi) is 32.5. The van der Waals surface area contributed by atoms with Gasteiger partial charge in [-0.2, -0.15) is 0 Å². The zero-order chi connectivity index (χ0) is 34.8. The standard InChI is InChI=1S/C42H89O3PS/c1-6-11-16-21-26-27-32-37-42-47(43,44)45-46(38-33-28-22-17-12-7-2,39-34-29-23-18-13-8-3,40-35-30-24-19-14-9-4)41-36-31-25-20-15-10-5/h6-42H2,1-5H3. The van der Waals surface area contributed by atoms with Crippen molar-refractivity contribution in [3.05, 3.63) is 0 Å². The topological polar surface area (TPSA) is 43.4 Å². The van der Waals surface area contributed by atoms with Crippen LogP contribution in [0.1, 0.15) is 240 Å². The van der Waals surface area contributed by atoms with E-state index in [2.05, 4.69) is 34.6 Å². The van der Waals surface area contributed by atoms with Crippen LogP contribution in [-0.4, -0.2) is 38.8 Å². The van der Waals surface area contributed by atoms with E-state index in [1.807, 2.05) is 0 Å². The van der Waals surface area contributed by atoms with Crippen molar-refractivity contribution < 1.29 is 12.4 Å². The molecule has 0 N–H and O–H groups in total. The van der Waals surface area contributed by atoms with Gasteiger partial charge in [-0.15, -0.1) is 0 Å². The van der Waals surface area contributed by atoms with E-state index in [9.17, 15) is 8.42 Å². The zero-order valence-corrected chi connectivity index (χ0v) is 35.0. The molecule has 0 aliphatic heterocycles. The van der Waals surface area contributed by atoms with Crippen LogP contribution in [0, 0.1) is 0 Å². The molecule has 286 valence electrons. The van der Waals surface area contributed by atoms with Crippen LogP contribution < -0.4 is 0 Å². The van der Waals surface area contributed by atoms with Crippen LogP contribution in [0.3, 0.4) is 0 Å². The summed E-state index contributed by atoms with van der Waals surface area (Å²) < 4.78 is 35.4. The van der Waals surface area contributed by atoms with Gasteiger partial charge in [0.2, 0.25) is 0 Å². The summed E-state index contributed by atoms with van der Waals surface area (Å²) in [5, 5.41) is 0. The third kappa shape index (κ3) is 26.8. The second kappa shape index (κ2) is 32.3. The molecule has 0 amide bonds. The van der Waals surface area contributed by atoms with Crippen molar-refractivity contribution in [1.29, 1.82) is 0 Å². The Hall–Kier alpha value is 0.340. The molecule has 0 aliphatic carbocycles. The van der Waals surface area contributed by atoms with Gasteiger partial charge in [0.1, 0.15) is 0 Å². The van der Waals surface area contributed by atoms with Gasteiger partial charge in [-0.1, -0.05) is 0 Å². The van der Waals surface area contributed by atoms with Gasteiger partial charge < -0.3 is 0 Å². The normalized spacial score (nSPS) is 13.3. The van der Waals surface area contributed by atoms with Gasteiger partial charge in [0.25, 0.3) is 0 Å². The number of unbranched alkanes of at least 4 members (excludes halogenated alkanes) is 27. The molecule has 0 spiro atoms. The Morgan fingerprint density at radius 1 is 0.319 bits per heavy atom. The molecule has 3 nitrogen and oxygen atoms in total. The average molecular weight is 705 g/mol. The molecule has 0 rings (SSSR count). The molecule has 0 saturated carbocycles. The van der Waals surface area contributed by atoms with Crippen molar-refractivity contribution in [3.8, 4) is 0 Å². The Labute approximate surface area is 298 Å². The Morgan fingerprint density at radius 3 is 0.787 bits per heavy atom. The molecule has 0 unspecified atom stereocenters. The molecule has 0 radical (unpaired) electrons. The van der Waals surface area contributed by atoms with Gasteiger partial charge in [0, 0.05) is 0 Å². The Morgan fingerprint density at radius 2 is 0.532 bits per heavy atom. The van der Waals surface area contributed by atoms with Crippen LogP contribution in [0.2, 0.25) is 0 Å². The minimum atomic E-state index is -3.55. The van der Waals surface area contributed by atoms with Gasteiger partial charge in [-0.05, 0) is 0 Å². The molecular formula is C42H89O3PS. The van der Waals surface area contributed by atoms with Crippen LogP contribution in [0.25, 0.3) is 0 Å². The zero-order valence-electron chi connectivity index (χ0n) is 33.2. The first-order chi connectivity index (χ1) is 22.8. The predicted octanol–water partition coefficient (Wildman–Crippen LogP) is 15.4. The molecule has 0 heterocycles. The van der Waals surface area contributed by atoms with E-state index in [1.54, 1.807) is 0 Å². The van der Waals surface area contributed by atoms with Crippen LogP contribution in [0.15, 0.2) is 0 Å². The molecule has 0 aromatic rings. The van der Waals surface area contributed by atoms with E-state index in [0.717, 1.165) is 69.6 Å². The van der Waals surface area contributed by atoms with Crippen molar-refractivity contribution in [2.45, 2.75) is 240 Å². The fraction of sp³-hybridized carbons (Fsp3) is 1.00. The molecule has 0 atom stereocenters. The van der Waals surface area contributed by atoms with Gasteiger partial charge in [-0.25, -0.2) is 0 Å². The fourth-order valence-corrected chi connectivity index (χ4v) is 17.8. The van der Waals surface area contributed by atoms with Crippen molar-refractivity contribution in [3.63, 3.8) is 0 Å². The second-order valence-corrected chi connectivity index (χ2v) is 23.3. The third-order valence-electron chi connectivity index (χ3n) is 10.9. The maximum absolute atomic E-state index is 14.1. The van der Waals surface area contributed by atoms with E-state index >= 15 is 0 Å².